The molecular weight excluding hydrogens is 368 g/mol. The van der Waals surface area contributed by atoms with Gasteiger partial charge in [0.05, 0.1) is 5.54 Å². The van der Waals surface area contributed by atoms with E-state index in [1.807, 2.05) is 29.5 Å². The predicted molar refractivity (Wildman–Crippen MR) is 113 cm³/mol. The maximum atomic E-state index is 12.8. The SMILES string of the molecule is O=C1N[C@]2(CCc3ccccc31)CCN(Cc1cnc(N3CCCCC3)s1)C2. The van der Waals surface area contributed by atoms with Gasteiger partial charge in [0.15, 0.2) is 5.13 Å². The third kappa shape index (κ3) is 3.55. The highest BCUT2D eigenvalue weighted by molar-refractivity contribution is 7.15. The topological polar surface area (TPSA) is 48.5 Å². The lowest BCUT2D eigenvalue weighted by molar-refractivity contribution is 0.0902. The van der Waals surface area contributed by atoms with Gasteiger partial charge >= 0.3 is 0 Å². The van der Waals surface area contributed by atoms with Gasteiger partial charge in [-0.05, 0) is 50.2 Å². The molecule has 0 bridgehead atoms. The molecule has 0 radical (unpaired) electrons. The number of fused-ring (bicyclic) bond motifs is 1. The average molecular weight is 397 g/mol. The third-order valence-corrected chi connectivity index (χ3v) is 7.54. The molecule has 2 saturated heterocycles. The van der Waals surface area contributed by atoms with Crippen LogP contribution in [0.5, 0.6) is 0 Å². The zero-order chi connectivity index (χ0) is 19.0. The molecule has 0 aliphatic carbocycles. The molecule has 4 heterocycles. The number of nitrogens with one attached hydrogen (secondary N) is 1. The molecule has 2 aromatic rings. The first-order valence-electron chi connectivity index (χ1n) is 10.5. The molecule has 3 aliphatic heterocycles. The molecule has 1 aromatic heterocycles. The number of hydrogen-bond acceptors (Lipinski definition) is 5. The van der Waals surface area contributed by atoms with Crippen LogP contribution in [0.2, 0.25) is 0 Å². The summed E-state index contributed by atoms with van der Waals surface area (Å²) in [5, 5.41) is 4.56. The summed E-state index contributed by atoms with van der Waals surface area (Å²) in [5.41, 5.74) is 1.95. The Morgan fingerprint density at radius 1 is 1.11 bits per heavy atom. The minimum atomic E-state index is -0.0868. The summed E-state index contributed by atoms with van der Waals surface area (Å²) in [4.78, 5) is 23.7. The maximum Gasteiger partial charge on any atom is 0.252 e. The Balaban J connectivity index is 1.24. The lowest BCUT2D eigenvalue weighted by atomic mass is 9.91. The van der Waals surface area contributed by atoms with Crippen LogP contribution in [0, 0.1) is 0 Å². The Labute approximate surface area is 170 Å². The van der Waals surface area contributed by atoms with Crippen molar-refractivity contribution in [1.82, 2.24) is 15.2 Å². The molecule has 3 aliphatic rings. The first-order valence-corrected chi connectivity index (χ1v) is 11.3. The van der Waals surface area contributed by atoms with Crippen molar-refractivity contribution in [2.45, 2.75) is 50.6 Å². The van der Waals surface area contributed by atoms with Gasteiger partial charge in [0, 0.05) is 49.4 Å². The Morgan fingerprint density at radius 2 is 1.96 bits per heavy atom. The van der Waals surface area contributed by atoms with Crippen LogP contribution < -0.4 is 10.2 Å². The lowest BCUT2D eigenvalue weighted by Crippen LogP contribution is -2.49. The average Bonchev–Trinajstić information content (AvgIpc) is 3.32. The molecule has 0 unspecified atom stereocenters. The fourth-order valence-electron chi connectivity index (χ4n) is 4.93. The number of rotatable bonds is 3. The van der Waals surface area contributed by atoms with Crippen molar-refractivity contribution in [3.8, 4) is 0 Å². The number of piperidine rings is 1. The lowest BCUT2D eigenvalue weighted by Gasteiger charge is -2.29. The van der Waals surface area contributed by atoms with Crippen molar-refractivity contribution in [2.24, 2.45) is 0 Å². The van der Waals surface area contributed by atoms with Crippen molar-refractivity contribution < 1.29 is 4.79 Å². The minimum Gasteiger partial charge on any atom is -0.348 e. The molecule has 1 aromatic carbocycles. The van der Waals surface area contributed by atoms with E-state index < -0.39 is 0 Å². The smallest absolute Gasteiger partial charge is 0.252 e. The molecule has 2 fully saturated rings. The number of hydrogen-bond donors (Lipinski definition) is 1. The first-order chi connectivity index (χ1) is 13.7. The highest BCUT2D eigenvalue weighted by atomic mass is 32.1. The van der Waals surface area contributed by atoms with Gasteiger partial charge in [0.1, 0.15) is 0 Å². The summed E-state index contributed by atoms with van der Waals surface area (Å²) in [7, 11) is 0. The second kappa shape index (κ2) is 7.48. The fourth-order valence-corrected chi connectivity index (χ4v) is 5.93. The molecule has 1 atom stereocenters. The summed E-state index contributed by atoms with van der Waals surface area (Å²) >= 11 is 1.84. The molecule has 1 N–H and O–H groups in total. The van der Waals surface area contributed by atoms with E-state index in [4.69, 9.17) is 0 Å². The van der Waals surface area contributed by atoms with Gasteiger partial charge in [-0.1, -0.05) is 18.2 Å². The third-order valence-electron chi connectivity index (χ3n) is 6.49. The van der Waals surface area contributed by atoms with E-state index in [-0.39, 0.29) is 11.4 Å². The largest absolute Gasteiger partial charge is 0.348 e. The number of anilines is 1. The van der Waals surface area contributed by atoms with Crippen LogP contribution >= 0.6 is 11.3 Å². The Kier molecular flexibility index (Phi) is 4.85. The van der Waals surface area contributed by atoms with Gasteiger partial charge in [-0.25, -0.2) is 4.98 Å². The Morgan fingerprint density at radius 3 is 2.86 bits per heavy atom. The van der Waals surface area contributed by atoms with Crippen LogP contribution in [0.3, 0.4) is 0 Å². The zero-order valence-corrected chi connectivity index (χ0v) is 17.1. The van der Waals surface area contributed by atoms with E-state index in [0.717, 1.165) is 57.5 Å². The second-order valence-corrected chi connectivity index (χ2v) is 9.60. The fraction of sp³-hybridized carbons (Fsp3) is 0.545. The van der Waals surface area contributed by atoms with Gasteiger partial charge in [0.25, 0.3) is 5.91 Å². The van der Waals surface area contributed by atoms with Gasteiger partial charge < -0.3 is 10.2 Å². The van der Waals surface area contributed by atoms with Gasteiger partial charge in [-0.2, -0.15) is 0 Å². The zero-order valence-electron chi connectivity index (χ0n) is 16.3. The van der Waals surface area contributed by atoms with Gasteiger partial charge in [-0.3, -0.25) is 9.69 Å². The van der Waals surface area contributed by atoms with Crippen molar-refractivity contribution in [3.05, 3.63) is 46.5 Å². The van der Waals surface area contributed by atoms with E-state index in [9.17, 15) is 4.79 Å². The summed E-state index contributed by atoms with van der Waals surface area (Å²) < 4.78 is 0. The van der Waals surface area contributed by atoms with E-state index >= 15 is 0 Å². The monoisotopic (exact) mass is 396 g/mol. The van der Waals surface area contributed by atoms with Gasteiger partial charge in [-0.15, -0.1) is 11.3 Å². The van der Waals surface area contributed by atoms with Crippen LogP contribution in [0.25, 0.3) is 0 Å². The van der Waals surface area contributed by atoms with Crippen molar-refractivity contribution in [2.75, 3.05) is 31.1 Å². The molecule has 28 heavy (non-hydrogen) atoms. The number of aromatic nitrogens is 1. The Bertz CT molecular complexity index is 860. The van der Waals surface area contributed by atoms with E-state index in [2.05, 4.69) is 32.4 Å². The standard InChI is InChI=1S/C22H28N4OS/c27-20-19-7-3-2-6-17(19)8-9-22(24-20)10-13-25(16-22)15-18-14-23-21(28-18)26-11-4-1-5-12-26/h2-3,6-7,14H,1,4-5,8-13,15-16H2,(H,24,27)/t22-/m1/s1. The molecule has 148 valence electrons. The van der Waals surface area contributed by atoms with Crippen LogP contribution in [0.15, 0.2) is 30.5 Å². The van der Waals surface area contributed by atoms with Gasteiger partial charge in [0.2, 0.25) is 0 Å². The quantitative estimate of drug-likeness (QED) is 0.863. The normalized spacial score (nSPS) is 25.6. The Hall–Kier alpha value is -1.92. The number of likely N-dealkylation sites (tertiary alicyclic amines) is 1. The van der Waals surface area contributed by atoms with Crippen LogP contribution in [0.4, 0.5) is 5.13 Å². The number of aryl methyl sites for hydroxylation is 1. The van der Waals surface area contributed by atoms with E-state index in [1.54, 1.807) is 0 Å². The number of thiazole rings is 1. The number of benzene rings is 1. The van der Waals surface area contributed by atoms with Crippen molar-refractivity contribution in [3.63, 3.8) is 0 Å². The van der Waals surface area contributed by atoms with Crippen LogP contribution in [-0.2, 0) is 13.0 Å². The maximum absolute atomic E-state index is 12.8. The summed E-state index contributed by atoms with van der Waals surface area (Å²) in [5.74, 6) is 0.0973. The van der Waals surface area contributed by atoms with E-state index in [0.29, 0.717) is 0 Å². The van der Waals surface area contributed by atoms with Crippen molar-refractivity contribution in [1.29, 1.82) is 0 Å². The summed E-state index contributed by atoms with van der Waals surface area (Å²) in [6.45, 7) is 5.20. The minimum absolute atomic E-state index is 0.0868. The molecular formula is C22H28N4OS. The molecule has 1 amide bonds. The summed E-state index contributed by atoms with van der Waals surface area (Å²) in [6, 6.07) is 8.05. The summed E-state index contributed by atoms with van der Waals surface area (Å²) in [6.07, 6.45) is 9.00. The highest BCUT2D eigenvalue weighted by Gasteiger charge is 2.41. The predicted octanol–water partition coefficient (Wildman–Crippen LogP) is 3.45. The number of carbonyl (C=O) groups excluding carboxylic acids is 1. The molecule has 0 saturated carbocycles. The van der Waals surface area contributed by atoms with E-state index in [1.165, 1.54) is 34.8 Å². The highest BCUT2D eigenvalue weighted by Crippen LogP contribution is 2.33. The first kappa shape index (κ1) is 18.1. The molecule has 6 heteroatoms. The number of carbonyl (C=O) groups is 1. The van der Waals surface area contributed by atoms with Crippen molar-refractivity contribution >= 4 is 22.4 Å². The van der Waals surface area contributed by atoms with Crippen LogP contribution in [0.1, 0.15) is 52.9 Å². The number of amides is 1. The molecule has 5 nitrogen and oxygen atoms in total. The second-order valence-electron chi connectivity index (χ2n) is 8.51. The van der Waals surface area contributed by atoms with Crippen LogP contribution in [-0.4, -0.2) is 47.5 Å². The molecule has 1 spiro atoms. The number of nitrogens with zero attached hydrogens (tertiary/aromatic N) is 3. The molecule has 5 rings (SSSR count).